The maximum absolute atomic E-state index is 12.5. The van der Waals surface area contributed by atoms with Crippen molar-refractivity contribution in [3.8, 4) is 0 Å². The maximum Gasteiger partial charge on any atom is 0.190 e. The standard InChI is InChI=1S/C21H28O4/c1-19-7-5-13(22)9-12(19)3-4-14-15-6-8-21(17(24)11-25-21)20(15,2)10-16(23)18(14)19/h9,14-16,18,23H,3-8,10-11H2,1-2H3/t14?,15?,16?,18?,19?,20?,21-/m0/s1. The Morgan fingerprint density at radius 1 is 1.16 bits per heavy atom. The molecule has 4 fully saturated rings. The topological polar surface area (TPSA) is 63.6 Å². The molecule has 1 saturated heterocycles. The Morgan fingerprint density at radius 3 is 2.64 bits per heavy atom. The SMILES string of the molecule is CC12CCC(=O)C=C1CCC1C2C(O)CC2(C)C1CC[C@@]21OCC1=O. The van der Waals surface area contributed by atoms with Gasteiger partial charge in [0.05, 0.1) is 6.10 Å². The van der Waals surface area contributed by atoms with Gasteiger partial charge in [0, 0.05) is 11.8 Å². The zero-order valence-electron chi connectivity index (χ0n) is 15.2. The monoisotopic (exact) mass is 344 g/mol. The highest BCUT2D eigenvalue weighted by molar-refractivity contribution is 5.94. The summed E-state index contributed by atoms with van der Waals surface area (Å²) in [6.45, 7) is 4.71. The molecule has 5 rings (SSSR count). The summed E-state index contributed by atoms with van der Waals surface area (Å²) in [6.07, 6.45) is 7.41. The molecule has 1 spiro atoms. The number of fused-ring (bicyclic) bond motifs is 6. The molecule has 25 heavy (non-hydrogen) atoms. The highest BCUT2D eigenvalue weighted by atomic mass is 16.5. The van der Waals surface area contributed by atoms with Crippen LogP contribution in [0.1, 0.15) is 58.8 Å². The molecule has 5 aliphatic rings. The minimum absolute atomic E-state index is 0.0577. The first-order valence-electron chi connectivity index (χ1n) is 9.91. The molecule has 0 aromatic heterocycles. The Hall–Kier alpha value is -1.00. The van der Waals surface area contributed by atoms with Crippen molar-refractivity contribution < 1.29 is 19.4 Å². The van der Waals surface area contributed by atoms with Gasteiger partial charge in [-0.15, -0.1) is 0 Å². The summed E-state index contributed by atoms with van der Waals surface area (Å²) in [7, 11) is 0. The van der Waals surface area contributed by atoms with Crippen LogP contribution in [-0.4, -0.2) is 35.0 Å². The van der Waals surface area contributed by atoms with E-state index in [2.05, 4.69) is 13.8 Å². The van der Waals surface area contributed by atoms with E-state index in [1.54, 1.807) is 0 Å². The van der Waals surface area contributed by atoms with Gasteiger partial charge in [-0.3, -0.25) is 9.59 Å². The smallest absolute Gasteiger partial charge is 0.190 e. The fraction of sp³-hybridized carbons (Fsp3) is 0.810. The lowest BCUT2D eigenvalue weighted by Gasteiger charge is -2.62. The van der Waals surface area contributed by atoms with Gasteiger partial charge < -0.3 is 9.84 Å². The molecule has 1 aliphatic heterocycles. The highest BCUT2D eigenvalue weighted by Crippen LogP contribution is 2.69. The van der Waals surface area contributed by atoms with E-state index in [9.17, 15) is 14.7 Å². The molecule has 136 valence electrons. The van der Waals surface area contributed by atoms with E-state index in [1.807, 2.05) is 6.08 Å². The predicted molar refractivity (Wildman–Crippen MR) is 91.8 cm³/mol. The molecule has 4 aliphatic carbocycles. The molecule has 0 aromatic carbocycles. The molecule has 0 radical (unpaired) electrons. The molecular formula is C21H28O4. The van der Waals surface area contributed by atoms with Crippen LogP contribution >= 0.6 is 0 Å². The quantitative estimate of drug-likeness (QED) is 0.734. The van der Waals surface area contributed by atoms with Gasteiger partial charge in [0.15, 0.2) is 11.6 Å². The summed E-state index contributed by atoms with van der Waals surface area (Å²) in [5, 5.41) is 11.2. The number of rotatable bonds is 0. The minimum Gasteiger partial charge on any atom is -0.393 e. The van der Waals surface area contributed by atoms with Crippen LogP contribution < -0.4 is 0 Å². The van der Waals surface area contributed by atoms with Crippen molar-refractivity contribution in [3.05, 3.63) is 11.6 Å². The van der Waals surface area contributed by atoms with Gasteiger partial charge in [0.2, 0.25) is 0 Å². The van der Waals surface area contributed by atoms with Crippen molar-refractivity contribution in [2.24, 2.45) is 28.6 Å². The van der Waals surface area contributed by atoms with E-state index in [0.29, 0.717) is 24.7 Å². The minimum atomic E-state index is -0.622. The lowest BCUT2D eigenvalue weighted by Crippen LogP contribution is -2.67. The number of aliphatic hydroxyl groups is 1. The van der Waals surface area contributed by atoms with E-state index < -0.39 is 11.7 Å². The van der Waals surface area contributed by atoms with E-state index in [1.165, 1.54) is 5.57 Å². The number of aliphatic hydroxyl groups excluding tert-OH is 1. The second-order valence-corrected chi connectivity index (χ2v) is 9.65. The van der Waals surface area contributed by atoms with Crippen molar-refractivity contribution in [2.45, 2.75) is 70.5 Å². The second kappa shape index (κ2) is 4.83. The van der Waals surface area contributed by atoms with Crippen LogP contribution in [0.2, 0.25) is 0 Å². The first-order valence-corrected chi connectivity index (χ1v) is 9.91. The number of carbonyl (C=O) groups excluding carboxylic acids is 2. The van der Waals surface area contributed by atoms with E-state index >= 15 is 0 Å². The average molecular weight is 344 g/mol. The van der Waals surface area contributed by atoms with Crippen molar-refractivity contribution in [3.63, 3.8) is 0 Å². The molecule has 0 bridgehead atoms. The van der Waals surface area contributed by atoms with E-state index in [0.717, 1.165) is 32.1 Å². The van der Waals surface area contributed by atoms with Gasteiger partial charge in [-0.25, -0.2) is 0 Å². The van der Waals surface area contributed by atoms with Crippen molar-refractivity contribution in [2.75, 3.05) is 6.61 Å². The molecule has 0 amide bonds. The Morgan fingerprint density at radius 2 is 1.96 bits per heavy atom. The fourth-order valence-electron chi connectivity index (χ4n) is 7.68. The molecule has 7 atom stereocenters. The highest BCUT2D eigenvalue weighted by Gasteiger charge is 2.71. The number of carbonyl (C=O) groups is 2. The molecule has 3 saturated carbocycles. The Bertz CT molecular complexity index is 696. The number of ketones is 2. The summed E-state index contributed by atoms with van der Waals surface area (Å²) in [5.41, 5.74) is 0.350. The van der Waals surface area contributed by atoms with Gasteiger partial charge in [0.1, 0.15) is 12.2 Å². The molecule has 1 N–H and O–H groups in total. The third-order valence-electron chi connectivity index (χ3n) is 8.92. The molecule has 4 nitrogen and oxygen atoms in total. The van der Waals surface area contributed by atoms with Crippen LogP contribution in [0.15, 0.2) is 11.6 Å². The number of allylic oxidation sites excluding steroid dienone is 1. The molecular weight excluding hydrogens is 316 g/mol. The fourth-order valence-corrected chi connectivity index (χ4v) is 7.68. The van der Waals surface area contributed by atoms with Crippen LogP contribution in [0.5, 0.6) is 0 Å². The van der Waals surface area contributed by atoms with Crippen LogP contribution in [0.4, 0.5) is 0 Å². The third kappa shape index (κ3) is 1.76. The number of hydrogen-bond acceptors (Lipinski definition) is 4. The van der Waals surface area contributed by atoms with Crippen molar-refractivity contribution in [1.29, 1.82) is 0 Å². The summed E-state index contributed by atoms with van der Waals surface area (Å²) in [6, 6.07) is 0. The Kier molecular flexibility index (Phi) is 3.13. The average Bonchev–Trinajstić information content (AvgIpc) is 2.88. The summed E-state index contributed by atoms with van der Waals surface area (Å²) in [5.74, 6) is 1.58. The maximum atomic E-state index is 12.5. The van der Waals surface area contributed by atoms with Crippen LogP contribution in [-0.2, 0) is 14.3 Å². The summed E-state index contributed by atoms with van der Waals surface area (Å²) < 4.78 is 5.92. The zero-order valence-corrected chi connectivity index (χ0v) is 15.2. The third-order valence-corrected chi connectivity index (χ3v) is 8.92. The van der Waals surface area contributed by atoms with Crippen LogP contribution in [0.25, 0.3) is 0 Å². The van der Waals surface area contributed by atoms with Gasteiger partial charge in [-0.2, -0.15) is 0 Å². The molecule has 1 heterocycles. The van der Waals surface area contributed by atoms with E-state index in [4.69, 9.17) is 4.74 Å². The first-order chi connectivity index (χ1) is 11.8. The molecule has 6 unspecified atom stereocenters. The summed E-state index contributed by atoms with van der Waals surface area (Å²) >= 11 is 0. The Balaban J connectivity index is 1.55. The van der Waals surface area contributed by atoms with Gasteiger partial charge in [-0.05, 0) is 67.8 Å². The van der Waals surface area contributed by atoms with Crippen molar-refractivity contribution in [1.82, 2.24) is 0 Å². The number of Topliss-reactive ketones (excluding diaryl/α,β-unsaturated/α-hetero) is 1. The van der Waals surface area contributed by atoms with Gasteiger partial charge in [0.25, 0.3) is 0 Å². The lowest BCUT2D eigenvalue weighted by atomic mass is 9.45. The van der Waals surface area contributed by atoms with E-state index in [-0.39, 0.29) is 34.9 Å². The zero-order chi connectivity index (χ0) is 17.6. The van der Waals surface area contributed by atoms with Crippen LogP contribution in [0.3, 0.4) is 0 Å². The predicted octanol–water partition coefficient (Wildman–Crippen LogP) is 2.83. The first kappa shape index (κ1) is 16.2. The van der Waals surface area contributed by atoms with Gasteiger partial charge >= 0.3 is 0 Å². The van der Waals surface area contributed by atoms with Crippen LogP contribution in [0, 0.1) is 28.6 Å². The van der Waals surface area contributed by atoms with Crippen molar-refractivity contribution >= 4 is 11.6 Å². The lowest BCUT2D eigenvalue weighted by molar-refractivity contribution is -0.226. The Labute approximate surface area is 149 Å². The van der Waals surface area contributed by atoms with Gasteiger partial charge in [-0.1, -0.05) is 19.4 Å². The number of ether oxygens (including phenoxy) is 1. The molecule has 4 heteroatoms. The molecule has 0 aromatic rings. The normalized spacial score (nSPS) is 54.4. The largest absolute Gasteiger partial charge is 0.393 e. The summed E-state index contributed by atoms with van der Waals surface area (Å²) in [4.78, 5) is 24.4. The second-order valence-electron chi connectivity index (χ2n) is 9.65. The number of hydrogen-bond donors (Lipinski definition) is 1.